The summed E-state index contributed by atoms with van der Waals surface area (Å²) in [5.41, 5.74) is 6.52. The molecular weight excluding hydrogens is 328 g/mol. The van der Waals surface area contributed by atoms with Crippen LogP contribution in [0.3, 0.4) is 0 Å². The number of esters is 1. The molecule has 1 saturated heterocycles. The fraction of sp³-hybridized carbons (Fsp3) is 0.450. The number of nitrogen functional groups attached to an aromatic ring is 1. The van der Waals surface area contributed by atoms with E-state index in [0.29, 0.717) is 6.54 Å². The second-order valence-electron chi connectivity index (χ2n) is 6.91. The molecule has 0 saturated carbocycles. The van der Waals surface area contributed by atoms with Crippen LogP contribution in [0.5, 0.6) is 0 Å². The van der Waals surface area contributed by atoms with Gasteiger partial charge in [0.2, 0.25) is 5.95 Å². The van der Waals surface area contributed by atoms with Crippen LogP contribution in [-0.2, 0) is 16.0 Å². The SMILES string of the molecule is COC(=O)C1(CCCc2ccccc2)CCCN(c2ccnc(N)n2)C1. The predicted molar refractivity (Wildman–Crippen MR) is 102 cm³/mol. The van der Waals surface area contributed by atoms with Gasteiger partial charge < -0.3 is 15.4 Å². The minimum absolute atomic E-state index is 0.128. The molecule has 2 aromatic rings. The number of anilines is 2. The van der Waals surface area contributed by atoms with Gasteiger partial charge in [-0.3, -0.25) is 4.79 Å². The fourth-order valence-electron chi connectivity index (χ4n) is 3.83. The van der Waals surface area contributed by atoms with Crippen molar-refractivity contribution in [1.82, 2.24) is 9.97 Å². The van der Waals surface area contributed by atoms with Gasteiger partial charge in [0.25, 0.3) is 0 Å². The average Bonchev–Trinajstić information content (AvgIpc) is 2.68. The highest BCUT2D eigenvalue weighted by molar-refractivity contribution is 5.78. The second kappa shape index (κ2) is 8.17. The van der Waals surface area contributed by atoms with Gasteiger partial charge in [0.1, 0.15) is 5.82 Å². The van der Waals surface area contributed by atoms with E-state index >= 15 is 0 Å². The van der Waals surface area contributed by atoms with Crippen molar-refractivity contribution in [3.05, 3.63) is 48.2 Å². The summed E-state index contributed by atoms with van der Waals surface area (Å²) in [5.74, 6) is 0.895. The fourth-order valence-corrected chi connectivity index (χ4v) is 3.83. The van der Waals surface area contributed by atoms with E-state index in [-0.39, 0.29) is 11.9 Å². The standard InChI is InChI=1S/C20H26N4O2/c1-26-18(25)20(11-5-9-16-7-3-2-4-8-16)12-6-14-24(15-20)17-10-13-22-19(21)23-17/h2-4,7-8,10,13H,5-6,9,11-12,14-15H2,1H3,(H2,21,22,23). The third-order valence-corrected chi connectivity index (χ3v) is 5.14. The van der Waals surface area contributed by atoms with E-state index in [2.05, 4.69) is 27.0 Å². The van der Waals surface area contributed by atoms with E-state index in [4.69, 9.17) is 10.5 Å². The molecule has 0 radical (unpaired) electrons. The lowest BCUT2D eigenvalue weighted by Gasteiger charge is -2.41. The molecule has 1 fully saturated rings. The summed E-state index contributed by atoms with van der Waals surface area (Å²) in [6.45, 7) is 1.46. The smallest absolute Gasteiger partial charge is 0.313 e. The Morgan fingerprint density at radius 3 is 2.85 bits per heavy atom. The molecule has 1 atom stereocenters. The first kappa shape index (κ1) is 18.2. The molecule has 1 aromatic carbocycles. The topological polar surface area (TPSA) is 81.3 Å². The zero-order valence-electron chi connectivity index (χ0n) is 15.2. The van der Waals surface area contributed by atoms with Crippen molar-refractivity contribution in [2.75, 3.05) is 30.8 Å². The maximum Gasteiger partial charge on any atom is 0.313 e. The van der Waals surface area contributed by atoms with Gasteiger partial charge >= 0.3 is 5.97 Å². The third-order valence-electron chi connectivity index (χ3n) is 5.14. The highest BCUT2D eigenvalue weighted by atomic mass is 16.5. The van der Waals surface area contributed by atoms with Gasteiger partial charge in [-0.15, -0.1) is 0 Å². The summed E-state index contributed by atoms with van der Waals surface area (Å²) in [6.07, 6.45) is 6.11. The first-order valence-electron chi connectivity index (χ1n) is 9.09. The summed E-state index contributed by atoms with van der Waals surface area (Å²) >= 11 is 0. The van der Waals surface area contributed by atoms with Crippen LogP contribution in [0.25, 0.3) is 0 Å². The Balaban J connectivity index is 1.72. The zero-order chi connectivity index (χ0) is 18.4. The number of carbonyl (C=O) groups is 1. The predicted octanol–water partition coefficient (Wildman–Crippen LogP) is 2.84. The number of carbonyl (C=O) groups excluding carboxylic acids is 1. The second-order valence-corrected chi connectivity index (χ2v) is 6.91. The lowest BCUT2D eigenvalue weighted by molar-refractivity contribution is -0.154. The Hall–Kier alpha value is -2.63. The average molecular weight is 354 g/mol. The molecule has 2 N–H and O–H groups in total. The van der Waals surface area contributed by atoms with E-state index in [1.807, 2.05) is 24.3 Å². The summed E-state index contributed by atoms with van der Waals surface area (Å²) in [6, 6.07) is 12.2. The van der Waals surface area contributed by atoms with Gasteiger partial charge in [-0.2, -0.15) is 4.98 Å². The number of aromatic nitrogens is 2. The number of rotatable bonds is 6. The molecule has 0 spiro atoms. The third kappa shape index (κ3) is 4.12. The summed E-state index contributed by atoms with van der Waals surface area (Å²) in [4.78, 5) is 23.1. The zero-order valence-corrected chi connectivity index (χ0v) is 15.2. The van der Waals surface area contributed by atoms with Crippen LogP contribution in [0.1, 0.15) is 31.2 Å². The summed E-state index contributed by atoms with van der Waals surface area (Å²) < 4.78 is 5.18. The van der Waals surface area contributed by atoms with Gasteiger partial charge in [-0.1, -0.05) is 30.3 Å². The van der Waals surface area contributed by atoms with E-state index < -0.39 is 5.41 Å². The van der Waals surface area contributed by atoms with Crippen molar-refractivity contribution in [2.24, 2.45) is 5.41 Å². The van der Waals surface area contributed by atoms with Crippen LogP contribution < -0.4 is 10.6 Å². The molecule has 1 aromatic heterocycles. The van der Waals surface area contributed by atoms with Crippen LogP contribution in [0.4, 0.5) is 11.8 Å². The number of methoxy groups -OCH3 is 1. The number of nitrogens with two attached hydrogens (primary N) is 1. The summed E-state index contributed by atoms with van der Waals surface area (Å²) in [7, 11) is 1.48. The van der Waals surface area contributed by atoms with Crippen molar-refractivity contribution >= 4 is 17.7 Å². The molecule has 2 heterocycles. The quantitative estimate of drug-likeness (QED) is 0.804. The Bertz CT molecular complexity index is 738. The van der Waals surface area contributed by atoms with Crippen molar-refractivity contribution in [3.8, 4) is 0 Å². The molecule has 138 valence electrons. The highest BCUT2D eigenvalue weighted by Crippen LogP contribution is 2.37. The summed E-state index contributed by atoms with van der Waals surface area (Å²) in [5, 5.41) is 0. The number of nitrogens with zero attached hydrogens (tertiary/aromatic N) is 3. The molecule has 0 bridgehead atoms. The van der Waals surface area contributed by atoms with Gasteiger partial charge in [-0.25, -0.2) is 4.98 Å². The largest absolute Gasteiger partial charge is 0.469 e. The normalized spacial score (nSPS) is 20.0. The minimum atomic E-state index is -0.499. The number of ether oxygens (including phenoxy) is 1. The molecular formula is C20H26N4O2. The van der Waals surface area contributed by atoms with Gasteiger partial charge in [-0.05, 0) is 43.7 Å². The van der Waals surface area contributed by atoms with Crippen LogP contribution in [0.2, 0.25) is 0 Å². The van der Waals surface area contributed by atoms with Gasteiger partial charge in [0.15, 0.2) is 0 Å². The van der Waals surface area contributed by atoms with Crippen LogP contribution in [-0.4, -0.2) is 36.1 Å². The van der Waals surface area contributed by atoms with Crippen molar-refractivity contribution in [2.45, 2.75) is 32.1 Å². The number of piperidine rings is 1. The molecule has 1 aliphatic heterocycles. The monoisotopic (exact) mass is 354 g/mol. The molecule has 26 heavy (non-hydrogen) atoms. The Morgan fingerprint density at radius 2 is 2.12 bits per heavy atom. The van der Waals surface area contributed by atoms with Crippen LogP contribution >= 0.6 is 0 Å². The first-order chi connectivity index (χ1) is 12.6. The van der Waals surface area contributed by atoms with E-state index in [1.54, 1.807) is 6.20 Å². The number of benzene rings is 1. The molecule has 1 unspecified atom stereocenters. The number of hydrogen-bond acceptors (Lipinski definition) is 6. The molecule has 6 heteroatoms. The van der Waals surface area contributed by atoms with Crippen LogP contribution in [0, 0.1) is 5.41 Å². The van der Waals surface area contributed by atoms with E-state index in [1.165, 1.54) is 12.7 Å². The Morgan fingerprint density at radius 1 is 1.31 bits per heavy atom. The van der Waals surface area contributed by atoms with E-state index in [0.717, 1.165) is 44.5 Å². The maximum atomic E-state index is 12.7. The molecule has 0 amide bonds. The van der Waals surface area contributed by atoms with Crippen molar-refractivity contribution < 1.29 is 9.53 Å². The Labute approximate surface area is 154 Å². The molecule has 1 aliphatic rings. The first-order valence-corrected chi connectivity index (χ1v) is 9.09. The van der Waals surface area contributed by atoms with Crippen LogP contribution in [0.15, 0.2) is 42.6 Å². The minimum Gasteiger partial charge on any atom is -0.469 e. The maximum absolute atomic E-state index is 12.7. The van der Waals surface area contributed by atoms with Crippen molar-refractivity contribution in [1.29, 1.82) is 0 Å². The van der Waals surface area contributed by atoms with Gasteiger partial charge in [0.05, 0.1) is 12.5 Å². The number of hydrogen-bond donors (Lipinski definition) is 1. The lowest BCUT2D eigenvalue weighted by Crippen LogP contribution is -2.48. The number of aryl methyl sites for hydroxylation is 1. The molecule has 0 aliphatic carbocycles. The van der Waals surface area contributed by atoms with E-state index in [9.17, 15) is 4.79 Å². The highest BCUT2D eigenvalue weighted by Gasteiger charge is 2.43. The lowest BCUT2D eigenvalue weighted by atomic mass is 9.75. The van der Waals surface area contributed by atoms with Crippen molar-refractivity contribution in [3.63, 3.8) is 0 Å². The molecule has 3 rings (SSSR count). The Kier molecular flexibility index (Phi) is 5.71. The van der Waals surface area contributed by atoms with Gasteiger partial charge in [0, 0.05) is 19.3 Å². The molecule has 6 nitrogen and oxygen atoms in total.